The molecule has 90 valence electrons. The number of rotatable bonds is 3. The Kier molecular flexibility index (Phi) is 4.22. The van der Waals surface area contributed by atoms with Crippen LogP contribution < -0.4 is 0 Å². The monoisotopic (exact) mass is 234 g/mol. The average molecular weight is 234 g/mol. The number of hydrogen-bond donors (Lipinski definition) is 0. The Labute approximate surface area is 100 Å². The quantitative estimate of drug-likeness (QED) is 0.805. The van der Waals surface area contributed by atoms with Gasteiger partial charge in [0.2, 0.25) is 0 Å². The van der Waals surface area contributed by atoms with Crippen molar-refractivity contribution in [3.8, 4) is 6.07 Å². The summed E-state index contributed by atoms with van der Waals surface area (Å²) in [6, 6.07) is 6.18. The Morgan fingerprint density at radius 1 is 1.59 bits per heavy atom. The Balaban J connectivity index is 2.89. The molecule has 0 radical (unpaired) electrons. The van der Waals surface area contributed by atoms with Crippen molar-refractivity contribution >= 4 is 5.91 Å². The number of nitrogens with zero attached hydrogens (tertiary/aromatic N) is 2. The Hall–Kier alpha value is -1.89. The van der Waals surface area contributed by atoms with Crippen LogP contribution in [0.3, 0.4) is 0 Å². The first-order chi connectivity index (χ1) is 7.95. The topological polar surface area (TPSA) is 44.1 Å². The highest BCUT2D eigenvalue weighted by Gasteiger charge is 2.16. The van der Waals surface area contributed by atoms with Crippen molar-refractivity contribution in [2.45, 2.75) is 13.8 Å². The second kappa shape index (κ2) is 5.44. The maximum atomic E-state index is 13.1. The number of benzene rings is 1. The molecule has 0 aliphatic carbocycles. The minimum Gasteiger partial charge on any atom is -0.340 e. The summed E-state index contributed by atoms with van der Waals surface area (Å²) >= 11 is 0. The van der Waals surface area contributed by atoms with Gasteiger partial charge < -0.3 is 4.90 Å². The van der Waals surface area contributed by atoms with Crippen LogP contribution in [0.2, 0.25) is 0 Å². The summed E-state index contributed by atoms with van der Waals surface area (Å²) in [4.78, 5) is 13.5. The van der Waals surface area contributed by atoms with Crippen molar-refractivity contribution in [1.82, 2.24) is 4.90 Å². The van der Waals surface area contributed by atoms with Gasteiger partial charge in [-0.25, -0.2) is 4.39 Å². The zero-order valence-corrected chi connectivity index (χ0v) is 10.2. The van der Waals surface area contributed by atoms with E-state index >= 15 is 0 Å². The lowest BCUT2D eigenvalue weighted by Gasteiger charge is -2.19. The molecule has 0 spiro atoms. The van der Waals surface area contributed by atoms with E-state index in [0.29, 0.717) is 12.1 Å². The van der Waals surface area contributed by atoms with Gasteiger partial charge in [-0.3, -0.25) is 4.79 Å². The molecule has 1 amide bonds. The van der Waals surface area contributed by atoms with E-state index in [9.17, 15) is 9.18 Å². The third kappa shape index (κ3) is 3.28. The van der Waals surface area contributed by atoms with Gasteiger partial charge >= 0.3 is 0 Å². The molecule has 0 N–H and O–H groups in total. The van der Waals surface area contributed by atoms with E-state index in [1.165, 1.54) is 17.0 Å². The van der Waals surface area contributed by atoms with Crippen LogP contribution in [0.25, 0.3) is 0 Å². The first-order valence-electron chi connectivity index (χ1n) is 5.37. The number of nitriles is 1. The first kappa shape index (κ1) is 13.2. The van der Waals surface area contributed by atoms with Crippen LogP contribution in [0, 0.1) is 30.0 Å². The predicted octanol–water partition coefficient (Wildman–Crippen LogP) is 2.37. The molecular formula is C13H15FN2O. The van der Waals surface area contributed by atoms with Crippen molar-refractivity contribution < 1.29 is 9.18 Å². The summed E-state index contributed by atoms with van der Waals surface area (Å²) < 4.78 is 13.1. The summed E-state index contributed by atoms with van der Waals surface area (Å²) in [5.41, 5.74) is 1.07. The van der Waals surface area contributed by atoms with E-state index in [4.69, 9.17) is 5.26 Å². The van der Waals surface area contributed by atoms with E-state index in [1.54, 1.807) is 27.0 Å². The van der Waals surface area contributed by atoms with Gasteiger partial charge in [0.05, 0.1) is 12.0 Å². The highest BCUT2D eigenvalue weighted by Crippen LogP contribution is 2.13. The lowest BCUT2D eigenvalue weighted by atomic mass is 10.1. The van der Waals surface area contributed by atoms with E-state index in [1.807, 2.05) is 0 Å². The predicted molar refractivity (Wildman–Crippen MR) is 62.9 cm³/mol. The fraction of sp³-hybridized carbons (Fsp3) is 0.385. The first-order valence-corrected chi connectivity index (χ1v) is 5.37. The summed E-state index contributed by atoms with van der Waals surface area (Å²) in [5, 5.41) is 8.69. The second-order valence-electron chi connectivity index (χ2n) is 4.18. The van der Waals surface area contributed by atoms with Gasteiger partial charge in [0.25, 0.3) is 5.91 Å². The highest BCUT2D eigenvalue weighted by molar-refractivity contribution is 5.95. The van der Waals surface area contributed by atoms with Crippen LogP contribution in [0.15, 0.2) is 18.2 Å². The zero-order chi connectivity index (χ0) is 13.0. The SMILES string of the molecule is Cc1ccc(F)cc1C(=O)N(C)CC(C)C#N. The summed E-state index contributed by atoms with van der Waals surface area (Å²) in [6.45, 7) is 3.84. The second-order valence-corrected chi connectivity index (χ2v) is 4.18. The van der Waals surface area contributed by atoms with Crippen molar-refractivity contribution in [2.75, 3.05) is 13.6 Å². The molecular weight excluding hydrogens is 219 g/mol. The van der Waals surface area contributed by atoms with Gasteiger partial charge in [-0.05, 0) is 31.5 Å². The molecule has 0 heterocycles. The molecule has 0 saturated carbocycles. The number of aryl methyl sites for hydroxylation is 1. The van der Waals surface area contributed by atoms with Gasteiger partial charge in [0.1, 0.15) is 5.82 Å². The molecule has 1 aromatic carbocycles. The molecule has 0 bridgehead atoms. The molecule has 1 atom stereocenters. The summed E-state index contributed by atoms with van der Waals surface area (Å²) in [6.07, 6.45) is 0. The largest absolute Gasteiger partial charge is 0.340 e. The van der Waals surface area contributed by atoms with E-state index < -0.39 is 5.82 Å². The summed E-state index contributed by atoms with van der Waals surface area (Å²) in [7, 11) is 1.61. The maximum Gasteiger partial charge on any atom is 0.254 e. The third-order valence-electron chi connectivity index (χ3n) is 2.54. The molecule has 17 heavy (non-hydrogen) atoms. The van der Waals surface area contributed by atoms with Crippen LogP contribution in [0.4, 0.5) is 4.39 Å². The number of amides is 1. The number of carbonyl (C=O) groups excluding carboxylic acids is 1. The molecule has 0 saturated heterocycles. The molecule has 0 aliphatic heterocycles. The standard InChI is InChI=1S/C13H15FN2O/c1-9(7-15)8-16(3)13(17)12-6-11(14)5-4-10(12)2/h4-6,9H,8H2,1-3H3. The number of halogens is 1. The molecule has 0 aliphatic rings. The van der Waals surface area contributed by atoms with Crippen molar-refractivity contribution in [3.05, 3.63) is 35.1 Å². The fourth-order valence-electron chi connectivity index (χ4n) is 1.56. The maximum absolute atomic E-state index is 13.1. The third-order valence-corrected chi connectivity index (χ3v) is 2.54. The smallest absolute Gasteiger partial charge is 0.254 e. The lowest BCUT2D eigenvalue weighted by molar-refractivity contribution is 0.0784. The number of hydrogen-bond acceptors (Lipinski definition) is 2. The number of carbonyl (C=O) groups is 1. The minimum absolute atomic E-state index is 0.238. The normalized spacial score (nSPS) is 11.7. The molecule has 4 heteroatoms. The van der Waals surface area contributed by atoms with Crippen molar-refractivity contribution in [3.63, 3.8) is 0 Å². The van der Waals surface area contributed by atoms with Crippen LogP contribution in [-0.4, -0.2) is 24.4 Å². The molecule has 1 unspecified atom stereocenters. The highest BCUT2D eigenvalue weighted by atomic mass is 19.1. The van der Waals surface area contributed by atoms with Gasteiger partial charge in [-0.1, -0.05) is 6.07 Å². The van der Waals surface area contributed by atoms with Crippen molar-refractivity contribution in [1.29, 1.82) is 5.26 Å². The minimum atomic E-state index is -0.430. The van der Waals surface area contributed by atoms with Crippen LogP contribution >= 0.6 is 0 Å². The van der Waals surface area contributed by atoms with Gasteiger partial charge in [0.15, 0.2) is 0 Å². The Morgan fingerprint density at radius 2 is 2.24 bits per heavy atom. The molecule has 1 rings (SSSR count). The molecule has 0 fully saturated rings. The Bertz CT molecular complexity index is 465. The zero-order valence-electron chi connectivity index (χ0n) is 10.2. The van der Waals surface area contributed by atoms with E-state index in [0.717, 1.165) is 5.56 Å². The average Bonchev–Trinajstić information content (AvgIpc) is 2.31. The van der Waals surface area contributed by atoms with Crippen LogP contribution in [-0.2, 0) is 0 Å². The van der Waals surface area contributed by atoms with Gasteiger partial charge in [0, 0.05) is 19.2 Å². The fourth-order valence-corrected chi connectivity index (χ4v) is 1.56. The molecule has 0 aromatic heterocycles. The van der Waals surface area contributed by atoms with Crippen LogP contribution in [0.5, 0.6) is 0 Å². The Morgan fingerprint density at radius 3 is 2.82 bits per heavy atom. The van der Waals surface area contributed by atoms with Crippen LogP contribution in [0.1, 0.15) is 22.8 Å². The molecule has 3 nitrogen and oxygen atoms in total. The lowest BCUT2D eigenvalue weighted by Crippen LogP contribution is -2.31. The van der Waals surface area contributed by atoms with E-state index in [-0.39, 0.29) is 11.8 Å². The van der Waals surface area contributed by atoms with E-state index in [2.05, 4.69) is 6.07 Å². The van der Waals surface area contributed by atoms with Gasteiger partial charge in [-0.2, -0.15) is 5.26 Å². The van der Waals surface area contributed by atoms with Gasteiger partial charge in [-0.15, -0.1) is 0 Å². The summed E-state index contributed by atoms with van der Waals surface area (Å²) in [5.74, 6) is -0.928. The molecule has 1 aromatic rings. The van der Waals surface area contributed by atoms with Crippen molar-refractivity contribution in [2.24, 2.45) is 5.92 Å².